The normalized spacial score (nSPS) is 15.1. The summed E-state index contributed by atoms with van der Waals surface area (Å²) in [5.74, 6) is 0. The van der Waals surface area contributed by atoms with Crippen molar-refractivity contribution in [3.05, 3.63) is 23.8 Å². The second-order valence-electron chi connectivity index (χ2n) is 4.37. The highest BCUT2D eigenvalue weighted by molar-refractivity contribution is 5.73. The summed E-state index contributed by atoms with van der Waals surface area (Å²) in [4.78, 5) is 4.52. The van der Waals surface area contributed by atoms with Gasteiger partial charge in [0.1, 0.15) is 0 Å². The first-order valence-electron chi connectivity index (χ1n) is 5.96. The highest BCUT2D eigenvalue weighted by atomic mass is 15.2. The minimum absolute atomic E-state index is 0.639. The number of hydrogen-bond acceptors (Lipinski definition) is 4. The topological polar surface area (TPSA) is 56.3 Å². The fourth-order valence-electron chi connectivity index (χ4n) is 2.30. The molecule has 1 aromatic carbocycles. The molecule has 0 spiro atoms. The molecule has 1 heterocycles. The molecule has 0 unspecified atom stereocenters. The molecule has 0 aromatic heterocycles. The van der Waals surface area contributed by atoms with Gasteiger partial charge in [0, 0.05) is 33.2 Å². The van der Waals surface area contributed by atoms with Gasteiger partial charge in [-0.25, -0.2) is 0 Å². The molecule has 90 valence electrons. The quantitative estimate of drug-likeness (QED) is 0.828. The lowest BCUT2D eigenvalue weighted by Crippen LogP contribution is -2.29. The number of nitrogens with zero attached hydrogens (tertiary/aromatic N) is 3. The van der Waals surface area contributed by atoms with Crippen LogP contribution in [0.25, 0.3) is 0 Å². The maximum atomic E-state index is 8.98. The predicted molar refractivity (Wildman–Crippen MR) is 70.3 cm³/mol. The van der Waals surface area contributed by atoms with Crippen LogP contribution < -0.4 is 15.5 Å². The summed E-state index contributed by atoms with van der Waals surface area (Å²) in [5, 5.41) is 8.98. The van der Waals surface area contributed by atoms with Crippen molar-refractivity contribution < 1.29 is 0 Å². The zero-order valence-electron chi connectivity index (χ0n) is 10.2. The third-order valence-corrected chi connectivity index (χ3v) is 3.18. The second-order valence-corrected chi connectivity index (χ2v) is 4.37. The van der Waals surface area contributed by atoms with E-state index >= 15 is 0 Å². The number of benzene rings is 1. The molecule has 4 heteroatoms. The van der Waals surface area contributed by atoms with Gasteiger partial charge >= 0.3 is 0 Å². The molecule has 2 rings (SSSR count). The molecule has 0 amide bonds. The number of nitrogens with two attached hydrogens (primary N) is 1. The van der Waals surface area contributed by atoms with Gasteiger partial charge in [-0.3, -0.25) is 0 Å². The minimum Gasteiger partial charge on any atom is -0.373 e. The number of anilines is 2. The summed E-state index contributed by atoms with van der Waals surface area (Å²) in [5.41, 5.74) is 8.69. The third-order valence-electron chi connectivity index (χ3n) is 3.18. The number of nitriles is 1. The van der Waals surface area contributed by atoms with Crippen LogP contribution in [0, 0.1) is 11.3 Å². The van der Waals surface area contributed by atoms with Crippen molar-refractivity contribution in [3.8, 4) is 6.07 Å². The van der Waals surface area contributed by atoms with E-state index in [0.717, 1.165) is 31.7 Å². The Morgan fingerprint density at radius 2 is 2.18 bits per heavy atom. The van der Waals surface area contributed by atoms with Crippen molar-refractivity contribution in [2.75, 3.05) is 43.0 Å². The van der Waals surface area contributed by atoms with Crippen molar-refractivity contribution in [2.24, 2.45) is 5.73 Å². The van der Waals surface area contributed by atoms with Crippen LogP contribution in [-0.4, -0.2) is 33.2 Å². The van der Waals surface area contributed by atoms with Crippen molar-refractivity contribution in [2.45, 2.75) is 6.42 Å². The molecular weight excluding hydrogens is 212 g/mol. The monoisotopic (exact) mass is 230 g/mol. The van der Waals surface area contributed by atoms with Gasteiger partial charge in [-0.15, -0.1) is 0 Å². The van der Waals surface area contributed by atoms with Crippen LogP contribution in [0.15, 0.2) is 18.2 Å². The van der Waals surface area contributed by atoms with Gasteiger partial charge in [0.15, 0.2) is 0 Å². The van der Waals surface area contributed by atoms with Crippen LogP contribution in [0.1, 0.15) is 12.0 Å². The first kappa shape index (κ1) is 11.7. The van der Waals surface area contributed by atoms with E-state index in [-0.39, 0.29) is 0 Å². The molecule has 0 fully saturated rings. The van der Waals surface area contributed by atoms with E-state index in [1.807, 2.05) is 18.2 Å². The van der Waals surface area contributed by atoms with Crippen LogP contribution in [0.2, 0.25) is 0 Å². The molecule has 1 aliphatic heterocycles. The summed E-state index contributed by atoms with van der Waals surface area (Å²) >= 11 is 0. The summed E-state index contributed by atoms with van der Waals surface area (Å²) in [7, 11) is 2.09. The maximum Gasteiger partial charge on any atom is 0.0992 e. The highest BCUT2D eigenvalue weighted by Crippen LogP contribution is 2.32. The van der Waals surface area contributed by atoms with Gasteiger partial charge in [-0.05, 0) is 24.6 Å². The first-order valence-corrected chi connectivity index (χ1v) is 5.96. The molecule has 0 radical (unpaired) electrons. The van der Waals surface area contributed by atoms with E-state index in [2.05, 4.69) is 22.9 Å². The smallest absolute Gasteiger partial charge is 0.0992 e. The lowest BCUT2D eigenvalue weighted by atomic mass is 10.1. The van der Waals surface area contributed by atoms with E-state index in [1.54, 1.807) is 0 Å². The van der Waals surface area contributed by atoms with Crippen LogP contribution >= 0.6 is 0 Å². The number of fused-ring (bicyclic) bond motifs is 1. The number of hydrogen-bond donors (Lipinski definition) is 1. The zero-order chi connectivity index (χ0) is 12.3. The fraction of sp³-hybridized carbons (Fsp3) is 0.462. The molecule has 0 saturated heterocycles. The zero-order valence-corrected chi connectivity index (χ0v) is 10.2. The predicted octanol–water partition coefficient (Wildman–Crippen LogP) is 1.16. The Hall–Kier alpha value is -1.73. The van der Waals surface area contributed by atoms with E-state index in [0.29, 0.717) is 12.1 Å². The van der Waals surface area contributed by atoms with Crippen LogP contribution in [0.3, 0.4) is 0 Å². The van der Waals surface area contributed by atoms with E-state index in [4.69, 9.17) is 11.0 Å². The standard InChI is InChI=1S/C13H18N4/c1-16-6-2-7-17(8-5-14)13-9-11(10-15)3-4-12(13)16/h3-4,9H,2,5-8,14H2,1H3. The van der Waals surface area contributed by atoms with E-state index in [1.165, 1.54) is 5.69 Å². The molecule has 0 atom stereocenters. The van der Waals surface area contributed by atoms with Crippen molar-refractivity contribution >= 4 is 11.4 Å². The van der Waals surface area contributed by atoms with Gasteiger partial charge in [0.2, 0.25) is 0 Å². The Kier molecular flexibility index (Phi) is 3.50. The largest absolute Gasteiger partial charge is 0.373 e. The summed E-state index contributed by atoms with van der Waals surface area (Å²) in [6, 6.07) is 8.07. The highest BCUT2D eigenvalue weighted by Gasteiger charge is 2.18. The first-order chi connectivity index (χ1) is 8.26. The lowest BCUT2D eigenvalue weighted by Gasteiger charge is -2.25. The fourth-order valence-corrected chi connectivity index (χ4v) is 2.30. The SMILES string of the molecule is CN1CCCN(CCN)c2cc(C#N)ccc21. The Labute approximate surface area is 102 Å². The molecule has 2 N–H and O–H groups in total. The van der Waals surface area contributed by atoms with Crippen LogP contribution in [0.5, 0.6) is 0 Å². The van der Waals surface area contributed by atoms with Crippen molar-refractivity contribution in [1.29, 1.82) is 5.26 Å². The van der Waals surface area contributed by atoms with Crippen molar-refractivity contribution in [1.82, 2.24) is 0 Å². The third kappa shape index (κ3) is 2.34. The van der Waals surface area contributed by atoms with Gasteiger partial charge in [-0.1, -0.05) is 0 Å². The molecule has 0 saturated carbocycles. The van der Waals surface area contributed by atoms with E-state index in [9.17, 15) is 0 Å². The Bertz CT molecular complexity index is 436. The Morgan fingerprint density at radius 3 is 2.88 bits per heavy atom. The molecule has 0 aliphatic carbocycles. The molecule has 17 heavy (non-hydrogen) atoms. The molecule has 1 aromatic rings. The van der Waals surface area contributed by atoms with Gasteiger partial charge in [0.05, 0.1) is 23.0 Å². The van der Waals surface area contributed by atoms with Gasteiger partial charge < -0.3 is 15.5 Å². The van der Waals surface area contributed by atoms with E-state index < -0.39 is 0 Å². The average Bonchev–Trinajstić information content (AvgIpc) is 2.50. The maximum absolute atomic E-state index is 8.98. The van der Waals surface area contributed by atoms with Crippen molar-refractivity contribution in [3.63, 3.8) is 0 Å². The molecule has 4 nitrogen and oxygen atoms in total. The summed E-state index contributed by atoms with van der Waals surface area (Å²) in [6.07, 6.45) is 1.12. The van der Waals surface area contributed by atoms with Crippen LogP contribution in [-0.2, 0) is 0 Å². The average molecular weight is 230 g/mol. The Balaban J connectivity index is 2.44. The second kappa shape index (κ2) is 5.07. The lowest BCUT2D eigenvalue weighted by molar-refractivity contribution is 0.741. The summed E-state index contributed by atoms with van der Waals surface area (Å²) in [6.45, 7) is 3.53. The number of rotatable bonds is 2. The van der Waals surface area contributed by atoms with Crippen LogP contribution in [0.4, 0.5) is 11.4 Å². The van der Waals surface area contributed by atoms with Gasteiger partial charge in [-0.2, -0.15) is 5.26 Å². The minimum atomic E-state index is 0.639. The molecule has 1 aliphatic rings. The Morgan fingerprint density at radius 1 is 1.35 bits per heavy atom. The summed E-state index contributed by atoms with van der Waals surface area (Å²) < 4.78 is 0. The molecular formula is C13H18N4. The van der Waals surface area contributed by atoms with Gasteiger partial charge in [0.25, 0.3) is 0 Å². The molecule has 0 bridgehead atoms.